The number of likely N-dealkylation sites (N-methyl/N-ethyl adjacent to an activating group) is 1. The molecule has 1 aromatic carbocycles. The molecule has 1 aromatic rings. The first-order chi connectivity index (χ1) is 6.25. The van der Waals surface area contributed by atoms with Crippen molar-refractivity contribution < 1.29 is 0 Å². The van der Waals surface area contributed by atoms with Gasteiger partial charge in [0.25, 0.3) is 0 Å². The van der Waals surface area contributed by atoms with E-state index in [4.69, 9.17) is 0 Å². The van der Waals surface area contributed by atoms with Crippen molar-refractivity contribution in [3.05, 3.63) is 39.5 Å². The summed E-state index contributed by atoms with van der Waals surface area (Å²) in [5, 5.41) is 0. The quantitative estimate of drug-likeness (QED) is 0.579. The summed E-state index contributed by atoms with van der Waals surface area (Å²) in [6.45, 7) is 1.05. The van der Waals surface area contributed by atoms with Crippen LogP contribution in [0.15, 0.2) is 30.3 Å². The number of hydrogen-bond acceptors (Lipinski definition) is 2. The van der Waals surface area contributed by atoms with Gasteiger partial charge in [-0.25, -0.2) is 4.31 Å². The van der Waals surface area contributed by atoms with Gasteiger partial charge in [0, 0.05) is 15.0 Å². The summed E-state index contributed by atoms with van der Waals surface area (Å²) in [6.07, 6.45) is 2.27. The summed E-state index contributed by atoms with van der Waals surface area (Å²) in [7, 11) is 2.11. The summed E-state index contributed by atoms with van der Waals surface area (Å²) >= 11 is 4.17. The van der Waals surface area contributed by atoms with E-state index in [1.54, 1.807) is 0 Å². The minimum absolute atomic E-state index is 1.05. The SMILES string of the molecule is CN1CC=C(c2cccc(I)c2)S1. The lowest BCUT2D eigenvalue weighted by Crippen LogP contribution is -2.01. The molecule has 0 N–H and O–H groups in total. The van der Waals surface area contributed by atoms with Crippen molar-refractivity contribution in [2.24, 2.45) is 0 Å². The number of hydrogen-bond donors (Lipinski definition) is 0. The second-order valence-corrected chi connectivity index (χ2v) is 5.47. The van der Waals surface area contributed by atoms with Crippen molar-refractivity contribution in [1.82, 2.24) is 4.31 Å². The summed E-state index contributed by atoms with van der Waals surface area (Å²) < 4.78 is 3.53. The van der Waals surface area contributed by atoms with Gasteiger partial charge in [-0.3, -0.25) is 0 Å². The fourth-order valence-electron chi connectivity index (χ4n) is 1.27. The molecule has 0 bridgehead atoms. The minimum Gasteiger partial charge on any atom is -0.246 e. The predicted molar refractivity (Wildman–Crippen MR) is 67.4 cm³/mol. The minimum atomic E-state index is 1.05. The number of benzene rings is 1. The summed E-state index contributed by atoms with van der Waals surface area (Å²) in [5.41, 5.74) is 1.33. The van der Waals surface area contributed by atoms with Crippen molar-refractivity contribution in [3.63, 3.8) is 0 Å². The molecular formula is C10H10INS. The maximum Gasteiger partial charge on any atom is 0.0285 e. The molecule has 0 aliphatic carbocycles. The third kappa shape index (κ3) is 2.27. The molecule has 1 nitrogen and oxygen atoms in total. The zero-order chi connectivity index (χ0) is 9.26. The lowest BCUT2D eigenvalue weighted by Gasteiger charge is -2.06. The van der Waals surface area contributed by atoms with E-state index in [-0.39, 0.29) is 0 Å². The van der Waals surface area contributed by atoms with Crippen molar-refractivity contribution in [2.45, 2.75) is 0 Å². The van der Waals surface area contributed by atoms with Gasteiger partial charge < -0.3 is 0 Å². The Morgan fingerprint density at radius 1 is 1.46 bits per heavy atom. The van der Waals surface area contributed by atoms with Gasteiger partial charge in [0.2, 0.25) is 0 Å². The van der Waals surface area contributed by atoms with E-state index in [1.807, 2.05) is 11.9 Å². The highest BCUT2D eigenvalue weighted by Gasteiger charge is 2.12. The van der Waals surface area contributed by atoms with E-state index >= 15 is 0 Å². The van der Waals surface area contributed by atoms with E-state index in [0.717, 1.165) is 6.54 Å². The molecule has 13 heavy (non-hydrogen) atoms. The monoisotopic (exact) mass is 303 g/mol. The molecule has 68 valence electrons. The van der Waals surface area contributed by atoms with Gasteiger partial charge in [-0.2, -0.15) is 0 Å². The predicted octanol–water partition coefficient (Wildman–Crippen LogP) is 3.23. The first kappa shape index (κ1) is 9.55. The molecule has 3 heteroatoms. The lowest BCUT2D eigenvalue weighted by atomic mass is 10.2. The van der Waals surface area contributed by atoms with Gasteiger partial charge in [0.05, 0.1) is 0 Å². The van der Waals surface area contributed by atoms with Crippen LogP contribution in [0.5, 0.6) is 0 Å². The summed E-state index contributed by atoms with van der Waals surface area (Å²) in [5.74, 6) is 0. The standard InChI is InChI=1S/C10H10INS/c1-12-6-5-10(13-12)8-3-2-4-9(11)7-8/h2-5,7H,6H2,1H3. The van der Waals surface area contributed by atoms with E-state index < -0.39 is 0 Å². The second kappa shape index (κ2) is 4.02. The molecule has 0 spiro atoms. The maximum absolute atomic E-state index is 2.35. The van der Waals surface area contributed by atoms with Crippen LogP contribution in [-0.2, 0) is 0 Å². The third-order valence-corrected chi connectivity index (χ3v) is 3.63. The molecule has 1 aliphatic heterocycles. The first-order valence-corrected chi connectivity index (χ1v) is 5.96. The highest BCUT2D eigenvalue weighted by molar-refractivity contribution is 14.1. The summed E-state index contributed by atoms with van der Waals surface area (Å²) in [4.78, 5) is 1.38. The Morgan fingerprint density at radius 2 is 2.31 bits per heavy atom. The van der Waals surface area contributed by atoms with Crippen molar-refractivity contribution in [2.75, 3.05) is 13.6 Å². The van der Waals surface area contributed by atoms with Crippen LogP contribution in [0.1, 0.15) is 5.56 Å². The molecule has 0 aromatic heterocycles. The van der Waals surface area contributed by atoms with E-state index in [2.05, 4.69) is 64.3 Å². The van der Waals surface area contributed by atoms with Gasteiger partial charge in [-0.1, -0.05) is 18.2 Å². The van der Waals surface area contributed by atoms with Crippen LogP contribution < -0.4 is 0 Å². The van der Waals surface area contributed by atoms with Crippen LogP contribution in [0, 0.1) is 3.57 Å². The zero-order valence-electron chi connectivity index (χ0n) is 7.33. The van der Waals surface area contributed by atoms with Gasteiger partial charge >= 0.3 is 0 Å². The normalized spacial score (nSPS) is 17.5. The van der Waals surface area contributed by atoms with Gasteiger partial charge in [0.1, 0.15) is 0 Å². The fourth-order valence-corrected chi connectivity index (χ4v) is 2.68. The Kier molecular flexibility index (Phi) is 2.96. The molecule has 0 saturated carbocycles. The number of nitrogens with zero attached hydrogens (tertiary/aromatic N) is 1. The Hall–Kier alpha value is -0.000000000000000111. The van der Waals surface area contributed by atoms with Crippen LogP contribution in [0.4, 0.5) is 0 Å². The van der Waals surface area contributed by atoms with Crippen molar-refractivity contribution in [3.8, 4) is 0 Å². The molecule has 0 radical (unpaired) electrons. The van der Waals surface area contributed by atoms with Crippen LogP contribution in [-0.4, -0.2) is 17.9 Å². The number of rotatable bonds is 1. The average Bonchev–Trinajstić information content (AvgIpc) is 2.52. The van der Waals surface area contributed by atoms with E-state index in [1.165, 1.54) is 14.0 Å². The van der Waals surface area contributed by atoms with Crippen molar-refractivity contribution >= 4 is 39.4 Å². The largest absolute Gasteiger partial charge is 0.246 e. The van der Waals surface area contributed by atoms with E-state index in [0.29, 0.717) is 0 Å². The van der Waals surface area contributed by atoms with E-state index in [9.17, 15) is 0 Å². The second-order valence-electron chi connectivity index (χ2n) is 2.98. The van der Waals surface area contributed by atoms with Gasteiger partial charge in [0.15, 0.2) is 0 Å². The van der Waals surface area contributed by atoms with Crippen LogP contribution >= 0.6 is 34.5 Å². The van der Waals surface area contributed by atoms with Crippen LogP contribution in [0.2, 0.25) is 0 Å². The first-order valence-electron chi connectivity index (χ1n) is 4.11. The molecular weight excluding hydrogens is 293 g/mol. The third-order valence-electron chi connectivity index (χ3n) is 1.90. The fraction of sp³-hybridized carbons (Fsp3) is 0.200. The molecule has 1 heterocycles. The Morgan fingerprint density at radius 3 is 2.92 bits per heavy atom. The topological polar surface area (TPSA) is 3.24 Å². The highest BCUT2D eigenvalue weighted by atomic mass is 127. The molecule has 1 aliphatic rings. The summed E-state index contributed by atoms with van der Waals surface area (Å²) in [6, 6.07) is 8.61. The Bertz CT molecular complexity index is 349. The molecule has 0 amide bonds. The highest BCUT2D eigenvalue weighted by Crippen LogP contribution is 2.34. The van der Waals surface area contributed by atoms with Gasteiger partial charge in [-0.05, 0) is 59.3 Å². The maximum atomic E-state index is 2.35. The molecule has 0 unspecified atom stereocenters. The molecule has 0 fully saturated rings. The molecule has 0 saturated heterocycles. The Balaban J connectivity index is 2.26. The van der Waals surface area contributed by atoms with Gasteiger partial charge in [-0.15, -0.1) is 0 Å². The Labute approximate surface area is 96.5 Å². The molecule has 2 rings (SSSR count). The molecule has 0 atom stereocenters. The number of halogens is 1. The lowest BCUT2D eigenvalue weighted by molar-refractivity contribution is 0.650. The van der Waals surface area contributed by atoms with Crippen LogP contribution in [0.25, 0.3) is 4.91 Å². The van der Waals surface area contributed by atoms with Crippen molar-refractivity contribution in [1.29, 1.82) is 0 Å². The average molecular weight is 303 g/mol. The van der Waals surface area contributed by atoms with Crippen LogP contribution in [0.3, 0.4) is 0 Å². The smallest absolute Gasteiger partial charge is 0.0285 e. The zero-order valence-corrected chi connectivity index (χ0v) is 10.3.